The molecule has 0 radical (unpaired) electrons. The van der Waals surface area contributed by atoms with Gasteiger partial charge >= 0.3 is 29.6 Å². The molecule has 0 spiro atoms. The summed E-state index contributed by atoms with van der Waals surface area (Å²) >= 11 is 0. The normalized spacial score (nSPS) is 43.5. The van der Waals surface area contributed by atoms with Crippen molar-refractivity contribution in [1.29, 1.82) is 0 Å². The van der Waals surface area contributed by atoms with Crippen molar-refractivity contribution in [1.82, 2.24) is 0 Å². The number of carbonyl (C=O) groups excluding carboxylic acids is 1. The van der Waals surface area contributed by atoms with Crippen LogP contribution in [-0.2, 0) is 33.2 Å². The summed E-state index contributed by atoms with van der Waals surface area (Å²) in [6.45, 7) is 0.357. The van der Waals surface area contributed by atoms with Crippen LogP contribution in [-0.4, -0.2) is 147 Å². The van der Waals surface area contributed by atoms with E-state index < -0.39 is 105 Å². The van der Waals surface area contributed by atoms with Crippen molar-refractivity contribution in [2.45, 2.75) is 138 Å². The molecule has 1 saturated carbocycles. The zero-order valence-electron chi connectivity index (χ0n) is 24.6. The minimum absolute atomic E-state index is 0. The fourth-order valence-corrected chi connectivity index (χ4v) is 6.21. The topological polar surface area (TPSA) is 237 Å². The fourth-order valence-electron chi connectivity index (χ4n) is 6.21. The minimum Gasteiger partial charge on any atom is -0.547 e. The summed E-state index contributed by atoms with van der Waals surface area (Å²) < 4.78 is 34.4. The van der Waals surface area contributed by atoms with E-state index in [0.29, 0.717) is 0 Å². The first-order valence-electron chi connectivity index (χ1n) is 14.8. The van der Waals surface area contributed by atoms with Gasteiger partial charge in [-0.15, -0.1) is 0 Å². The van der Waals surface area contributed by atoms with E-state index in [2.05, 4.69) is 0 Å². The van der Waals surface area contributed by atoms with Crippen LogP contribution in [0.4, 0.5) is 0 Å². The van der Waals surface area contributed by atoms with E-state index in [0.717, 1.165) is 32.1 Å². The minimum atomic E-state index is -1.71. The van der Waals surface area contributed by atoms with Crippen molar-refractivity contribution in [2.24, 2.45) is 5.92 Å². The predicted octanol–water partition coefficient (Wildman–Crippen LogP) is -6.72. The molecule has 4 rings (SSSR count). The maximum Gasteiger partial charge on any atom is 1.00 e. The number of carboxylic acids is 1. The first kappa shape index (κ1) is 37.4. The quantitative estimate of drug-likeness (QED) is 0.105. The average molecular weight is 633 g/mol. The summed E-state index contributed by atoms with van der Waals surface area (Å²) in [5, 5.41) is 84.4. The van der Waals surface area contributed by atoms with Crippen LogP contribution >= 0.6 is 0 Å². The zero-order chi connectivity index (χ0) is 30.6. The van der Waals surface area contributed by atoms with Gasteiger partial charge in [0.15, 0.2) is 12.6 Å². The number of carboxylic acid groups (broad SMARTS) is 1. The van der Waals surface area contributed by atoms with Gasteiger partial charge in [0.25, 0.3) is 0 Å². The molecule has 244 valence electrons. The van der Waals surface area contributed by atoms with Gasteiger partial charge < -0.3 is 74.1 Å². The summed E-state index contributed by atoms with van der Waals surface area (Å²) in [6.07, 6.45) is -14.1. The van der Waals surface area contributed by atoms with E-state index in [1.807, 2.05) is 0 Å². The third kappa shape index (κ3) is 9.06. The molecule has 14 atom stereocenters. The van der Waals surface area contributed by atoms with Gasteiger partial charge in [-0.1, -0.05) is 32.1 Å². The Labute approximate surface area is 272 Å². The van der Waals surface area contributed by atoms with Crippen LogP contribution in [0.1, 0.15) is 51.9 Å². The van der Waals surface area contributed by atoms with Crippen LogP contribution in [0.2, 0.25) is 0 Å². The molecule has 1 unspecified atom stereocenters. The first-order valence-corrected chi connectivity index (χ1v) is 14.8. The number of carbonyl (C=O) groups is 1. The van der Waals surface area contributed by atoms with Crippen molar-refractivity contribution >= 4 is 5.97 Å². The van der Waals surface area contributed by atoms with E-state index in [4.69, 9.17) is 28.4 Å². The zero-order valence-corrected chi connectivity index (χ0v) is 26.6. The van der Waals surface area contributed by atoms with Crippen molar-refractivity contribution in [3.8, 4) is 0 Å². The Balaban J connectivity index is 0.00000506. The molecule has 3 heterocycles. The maximum atomic E-state index is 12.0. The molecule has 0 aromatic rings. The van der Waals surface area contributed by atoms with Crippen molar-refractivity contribution in [2.75, 3.05) is 19.8 Å². The van der Waals surface area contributed by atoms with Gasteiger partial charge in [-0.25, -0.2) is 0 Å². The monoisotopic (exact) mass is 632 g/mol. The molecule has 3 aliphatic heterocycles. The molecule has 4 aliphatic rings. The number of aliphatic hydroxyl groups excluding tert-OH is 7. The molecule has 4 fully saturated rings. The molecule has 0 aromatic heterocycles. The van der Waals surface area contributed by atoms with Crippen LogP contribution < -0.4 is 34.7 Å². The molecule has 0 amide bonds. The standard InChI is InChI=1S/C27H46O15.Na/c1-12-18(30)20(32)21(33)26(38-12)42-23-14(7-8-37-17(23)11-29)40-27-22(34)24(19(31)16(10-28)41-27)39-15(25(35)36)9-13-5-3-2-4-6-13;/h12-24,26-34H,2-11H2,1H3,(H,35,36);/q;+1/p-1/t12-,14+,15-,16-,17-,18+,19-,20-,21-,22-,23-,24?,26-,27+;/m0./s1. The fraction of sp³-hybridized carbons (Fsp3) is 0.963. The Hall–Kier alpha value is -0.0500. The van der Waals surface area contributed by atoms with Crippen LogP contribution in [0.3, 0.4) is 0 Å². The van der Waals surface area contributed by atoms with E-state index in [1.165, 1.54) is 6.92 Å². The van der Waals surface area contributed by atoms with Crippen molar-refractivity contribution < 1.29 is 104 Å². The Kier molecular flexibility index (Phi) is 15.0. The molecular formula is C27H45NaO15. The molecule has 7 N–H and O–H groups in total. The molecule has 0 bridgehead atoms. The summed E-state index contributed by atoms with van der Waals surface area (Å²) in [7, 11) is 0. The van der Waals surface area contributed by atoms with Gasteiger partial charge in [0, 0.05) is 6.61 Å². The van der Waals surface area contributed by atoms with Gasteiger partial charge in [0.1, 0.15) is 54.9 Å². The predicted molar refractivity (Wildman–Crippen MR) is 136 cm³/mol. The Morgan fingerprint density at radius 1 is 0.814 bits per heavy atom. The molecule has 0 aromatic carbocycles. The second-order valence-electron chi connectivity index (χ2n) is 11.7. The van der Waals surface area contributed by atoms with Crippen molar-refractivity contribution in [3.63, 3.8) is 0 Å². The van der Waals surface area contributed by atoms with E-state index in [1.54, 1.807) is 0 Å². The second kappa shape index (κ2) is 17.2. The first-order chi connectivity index (χ1) is 20.0. The van der Waals surface area contributed by atoms with Gasteiger partial charge in [-0.3, -0.25) is 0 Å². The van der Waals surface area contributed by atoms with E-state index in [-0.39, 0.29) is 54.9 Å². The largest absolute Gasteiger partial charge is 1.00 e. The van der Waals surface area contributed by atoms with Crippen LogP contribution in [0.25, 0.3) is 0 Å². The number of aliphatic hydroxyl groups is 7. The molecule has 3 saturated heterocycles. The van der Waals surface area contributed by atoms with Crippen molar-refractivity contribution in [3.05, 3.63) is 0 Å². The van der Waals surface area contributed by atoms with Gasteiger partial charge in [0.05, 0.1) is 37.5 Å². The number of aliphatic carboxylic acids is 1. The average Bonchev–Trinajstić information content (AvgIpc) is 2.98. The van der Waals surface area contributed by atoms with Gasteiger partial charge in [-0.05, 0) is 25.7 Å². The molecule has 43 heavy (non-hydrogen) atoms. The number of hydrogen-bond acceptors (Lipinski definition) is 15. The smallest absolute Gasteiger partial charge is 0.547 e. The number of hydrogen-bond donors (Lipinski definition) is 7. The van der Waals surface area contributed by atoms with Gasteiger partial charge in [-0.2, -0.15) is 0 Å². The summed E-state index contributed by atoms with van der Waals surface area (Å²) in [4.78, 5) is 12.0. The van der Waals surface area contributed by atoms with E-state index >= 15 is 0 Å². The molecule has 1 aliphatic carbocycles. The Morgan fingerprint density at radius 2 is 1.47 bits per heavy atom. The molecule has 16 heteroatoms. The third-order valence-corrected chi connectivity index (χ3v) is 8.73. The summed E-state index contributed by atoms with van der Waals surface area (Å²) in [5.41, 5.74) is 0. The Morgan fingerprint density at radius 3 is 2.09 bits per heavy atom. The van der Waals surface area contributed by atoms with Crippen LogP contribution in [0.5, 0.6) is 0 Å². The summed E-state index contributed by atoms with van der Waals surface area (Å²) in [5.74, 6) is -1.40. The number of rotatable bonds is 11. The van der Waals surface area contributed by atoms with Crippen LogP contribution in [0, 0.1) is 5.92 Å². The SMILES string of the molecule is C[C@@H]1O[C@@H](O[C@@H]2[C@H](CO)OCC[C@H]2O[C@@H]2O[C@@H](CO)[C@H](O)C(O[C@@H](CC3CCCCC3)C(=O)[O-])[C@@H]2O)[C@@H](O)[C@@H](O)[C@@H]1O.[Na+]. The van der Waals surface area contributed by atoms with E-state index in [9.17, 15) is 45.6 Å². The maximum absolute atomic E-state index is 12.0. The third-order valence-electron chi connectivity index (χ3n) is 8.73. The van der Waals surface area contributed by atoms with Gasteiger partial charge in [0.2, 0.25) is 0 Å². The second-order valence-corrected chi connectivity index (χ2v) is 11.7. The molecular weight excluding hydrogens is 587 g/mol. The Bertz CT molecular complexity index is 849. The van der Waals surface area contributed by atoms with Crippen LogP contribution in [0.15, 0.2) is 0 Å². The molecule has 15 nitrogen and oxygen atoms in total. The number of ether oxygens (including phenoxy) is 6. The summed E-state index contributed by atoms with van der Waals surface area (Å²) in [6, 6.07) is 0.